The zero-order valence-electron chi connectivity index (χ0n) is 16.3. The fraction of sp³-hybridized carbons (Fsp3) is 0.450. The fourth-order valence-electron chi connectivity index (χ4n) is 3.10. The number of nitrogens with one attached hydrogen (secondary N) is 1. The first-order valence-corrected chi connectivity index (χ1v) is 10.2. The molecule has 0 unspecified atom stereocenters. The number of hydrogen-bond acceptors (Lipinski definition) is 6. The molecule has 0 aliphatic carbocycles. The first-order valence-electron chi connectivity index (χ1n) is 9.38. The van der Waals surface area contributed by atoms with Gasteiger partial charge in [0.05, 0.1) is 18.8 Å². The number of thiazole rings is 1. The Morgan fingerprint density at radius 2 is 1.89 bits per heavy atom. The van der Waals surface area contributed by atoms with E-state index in [4.69, 9.17) is 4.74 Å². The minimum absolute atomic E-state index is 0.0115. The smallest absolute Gasteiger partial charge is 0.265 e. The van der Waals surface area contributed by atoms with Gasteiger partial charge in [0.25, 0.3) is 5.91 Å². The first-order chi connectivity index (χ1) is 13.6. The molecule has 1 aromatic heterocycles. The van der Waals surface area contributed by atoms with Crippen molar-refractivity contribution in [3.8, 4) is 10.6 Å². The van der Waals surface area contributed by atoms with E-state index < -0.39 is 0 Å². The molecule has 8 heteroatoms. The van der Waals surface area contributed by atoms with E-state index in [2.05, 4.69) is 15.2 Å². The van der Waals surface area contributed by atoms with Crippen molar-refractivity contribution < 1.29 is 14.3 Å². The van der Waals surface area contributed by atoms with E-state index in [1.165, 1.54) is 11.3 Å². The third-order valence-corrected chi connectivity index (χ3v) is 5.86. The molecule has 2 amide bonds. The predicted octanol–water partition coefficient (Wildman–Crippen LogP) is 1.64. The molecular weight excluding hydrogens is 376 g/mol. The Kier molecular flexibility index (Phi) is 7.13. The Morgan fingerprint density at radius 3 is 2.57 bits per heavy atom. The second-order valence-electron chi connectivity index (χ2n) is 6.71. The highest BCUT2D eigenvalue weighted by molar-refractivity contribution is 7.17. The summed E-state index contributed by atoms with van der Waals surface area (Å²) < 4.78 is 4.93. The molecule has 1 aliphatic rings. The molecule has 1 aliphatic heterocycles. The van der Waals surface area contributed by atoms with Gasteiger partial charge in [-0.05, 0) is 6.92 Å². The number of methoxy groups -OCH3 is 1. The van der Waals surface area contributed by atoms with E-state index >= 15 is 0 Å². The van der Waals surface area contributed by atoms with Crippen LogP contribution in [0.25, 0.3) is 10.6 Å². The van der Waals surface area contributed by atoms with Crippen molar-refractivity contribution in [1.82, 2.24) is 20.1 Å². The van der Waals surface area contributed by atoms with E-state index in [0.717, 1.165) is 16.3 Å². The van der Waals surface area contributed by atoms with Gasteiger partial charge in [-0.2, -0.15) is 0 Å². The first kappa shape index (κ1) is 20.4. The number of amides is 2. The SMILES string of the molecule is COCCNC(=O)CN1CCN(C(=O)c2sc(-c3ccccc3)nc2C)CC1. The zero-order valence-corrected chi connectivity index (χ0v) is 17.1. The van der Waals surface area contributed by atoms with E-state index in [-0.39, 0.29) is 11.8 Å². The monoisotopic (exact) mass is 402 g/mol. The number of benzene rings is 1. The maximum absolute atomic E-state index is 13.0. The normalized spacial score (nSPS) is 14.9. The average Bonchev–Trinajstić information content (AvgIpc) is 3.10. The molecule has 1 saturated heterocycles. The van der Waals surface area contributed by atoms with Gasteiger partial charge in [0.1, 0.15) is 9.88 Å². The summed E-state index contributed by atoms with van der Waals surface area (Å²) in [4.78, 5) is 34.1. The lowest BCUT2D eigenvalue weighted by molar-refractivity contribution is -0.122. The summed E-state index contributed by atoms with van der Waals surface area (Å²) in [6, 6.07) is 9.91. The lowest BCUT2D eigenvalue weighted by Gasteiger charge is -2.34. The van der Waals surface area contributed by atoms with Gasteiger partial charge in [0.15, 0.2) is 0 Å². The van der Waals surface area contributed by atoms with Gasteiger partial charge >= 0.3 is 0 Å². The fourth-order valence-corrected chi connectivity index (χ4v) is 4.14. The van der Waals surface area contributed by atoms with Gasteiger partial charge in [0.2, 0.25) is 5.91 Å². The summed E-state index contributed by atoms with van der Waals surface area (Å²) in [6.45, 7) is 5.86. The van der Waals surface area contributed by atoms with Crippen molar-refractivity contribution in [1.29, 1.82) is 0 Å². The largest absolute Gasteiger partial charge is 0.383 e. The summed E-state index contributed by atoms with van der Waals surface area (Å²) in [5, 5.41) is 3.69. The van der Waals surface area contributed by atoms with Crippen LogP contribution in [0, 0.1) is 6.92 Å². The molecule has 2 heterocycles. The van der Waals surface area contributed by atoms with E-state index in [1.54, 1.807) is 7.11 Å². The molecule has 28 heavy (non-hydrogen) atoms. The van der Waals surface area contributed by atoms with Crippen molar-refractivity contribution in [3.05, 3.63) is 40.9 Å². The molecule has 1 N–H and O–H groups in total. The van der Waals surface area contributed by atoms with Crippen molar-refractivity contribution in [2.75, 3.05) is 53.0 Å². The number of nitrogens with zero attached hydrogens (tertiary/aromatic N) is 3. The minimum Gasteiger partial charge on any atom is -0.383 e. The molecule has 1 aromatic carbocycles. The maximum Gasteiger partial charge on any atom is 0.265 e. The summed E-state index contributed by atoms with van der Waals surface area (Å²) >= 11 is 1.45. The van der Waals surface area contributed by atoms with Crippen LogP contribution in [0.3, 0.4) is 0 Å². The highest BCUT2D eigenvalue weighted by atomic mass is 32.1. The van der Waals surface area contributed by atoms with E-state index in [1.807, 2.05) is 42.2 Å². The minimum atomic E-state index is -0.0115. The summed E-state index contributed by atoms with van der Waals surface area (Å²) in [6.07, 6.45) is 0. The summed E-state index contributed by atoms with van der Waals surface area (Å²) in [5.41, 5.74) is 1.80. The number of piperazine rings is 1. The zero-order chi connectivity index (χ0) is 19.9. The summed E-state index contributed by atoms with van der Waals surface area (Å²) in [7, 11) is 1.61. The molecule has 7 nitrogen and oxygen atoms in total. The number of hydrogen-bond donors (Lipinski definition) is 1. The van der Waals surface area contributed by atoms with Gasteiger partial charge < -0.3 is 15.0 Å². The predicted molar refractivity (Wildman–Crippen MR) is 110 cm³/mol. The Balaban J connectivity index is 1.54. The van der Waals surface area contributed by atoms with Gasteiger partial charge in [-0.3, -0.25) is 14.5 Å². The van der Waals surface area contributed by atoms with E-state index in [9.17, 15) is 9.59 Å². The van der Waals surface area contributed by atoms with Crippen LogP contribution < -0.4 is 5.32 Å². The number of aryl methyl sites for hydroxylation is 1. The highest BCUT2D eigenvalue weighted by Crippen LogP contribution is 2.28. The molecule has 0 saturated carbocycles. The van der Waals surface area contributed by atoms with Crippen LogP contribution in [0.5, 0.6) is 0 Å². The Morgan fingerprint density at radius 1 is 1.18 bits per heavy atom. The Labute approximate surface area is 169 Å². The van der Waals surface area contributed by atoms with Crippen LogP contribution in [0.4, 0.5) is 0 Å². The lowest BCUT2D eigenvalue weighted by atomic mass is 10.2. The number of aromatic nitrogens is 1. The second-order valence-corrected chi connectivity index (χ2v) is 7.71. The molecule has 1 fully saturated rings. The number of ether oxygens (including phenoxy) is 1. The van der Waals surface area contributed by atoms with Crippen LogP contribution in [-0.2, 0) is 9.53 Å². The van der Waals surface area contributed by atoms with Crippen LogP contribution in [-0.4, -0.2) is 79.6 Å². The number of carbonyl (C=O) groups excluding carboxylic acids is 2. The van der Waals surface area contributed by atoms with Crippen molar-refractivity contribution in [2.45, 2.75) is 6.92 Å². The standard InChI is InChI=1S/C20H26N4O3S/c1-15-18(28-19(22-15)16-6-4-3-5-7-16)20(26)24-11-9-23(10-12-24)14-17(25)21-8-13-27-2/h3-7H,8-14H2,1-2H3,(H,21,25). The second kappa shape index (κ2) is 9.77. The quantitative estimate of drug-likeness (QED) is 0.713. The van der Waals surface area contributed by atoms with Gasteiger partial charge in [-0.25, -0.2) is 4.98 Å². The van der Waals surface area contributed by atoms with Gasteiger partial charge in [0, 0.05) is 45.4 Å². The molecular formula is C20H26N4O3S. The highest BCUT2D eigenvalue weighted by Gasteiger charge is 2.26. The van der Waals surface area contributed by atoms with Crippen LogP contribution in [0.1, 0.15) is 15.4 Å². The lowest BCUT2D eigenvalue weighted by Crippen LogP contribution is -2.51. The van der Waals surface area contributed by atoms with Crippen LogP contribution >= 0.6 is 11.3 Å². The van der Waals surface area contributed by atoms with Crippen molar-refractivity contribution >= 4 is 23.2 Å². The molecule has 150 valence electrons. The average molecular weight is 403 g/mol. The summed E-state index contributed by atoms with van der Waals surface area (Å²) in [5.74, 6) is 0.0176. The van der Waals surface area contributed by atoms with Gasteiger partial charge in [-0.1, -0.05) is 30.3 Å². The van der Waals surface area contributed by atoms with Crippen LogP contribution in [0.2, 0.25) is 0 Å². The number of carbonyl (C=O) groups is 2. The third-order valence-electron chi connectivity index (χ3n) is 4.67. The van der Waals surface area contributed by atoms with Crippen molar-refractivity contribution in [2.24, 2.45) is 0 Å². The molecule has 2 aromatic rings. The Bertz CT molecular complexity index is 801. The Hall–Kier alpha value is -2.29. The van der Waals surface area contributed by atoms with E-state index in [0.29, 0.717) is 50.8 Å². The topological polar surface area (TPSA) is 74.8 Å². The maximum atomic E-state index is 13.0. The molecule has 0 atom stereocenters. The molecule has 0 bridgehead atoms. The molecule has 0 spiro atoms. The molecule has 3 rings (SSSR count). The van der Waals surface area contributed by atoms with Crippen molar-refractivity contribution in [3.63, 3.8) is 0 Å². The molecule has 0 radical (unpaired) electrons. The number of rotatable bonds is 7. The third kappa shape index (κ3) is 5.15. The van der Waals surface area contributed by atoms with Gasteiger partial charge in [-0.15, -0.1) is 11.3 Å². The van der Waals surface area contributed by atoms with Crippen LogP contribution in [0.15, 0.2) is 30.3 Å².